The summed E-state index contributed by atoms with van der Waals surface area (Å²) in [6, 6.07) is 0. The summed E-state index contributed by atoms with van der Waals surface area (Å²) in [4.78, 5) is 12.5. The van der Waals surface area contributed by atoms with Gasteiger partial charge in [-0.2, -0.15) is 8.42 Å². The Balaban J connectivity index is 3.80. The predicted octanol–water partition coefficient (Wildman–Crippen LogP) is -0.702. The minimum absolute atomic E-state index is 0.0975. The van der Waals surface area contributed by atoms with Crippen LogP contribution in [-0.2, 0) is 19.1 Å². The Morgan fingerprint density at radius 3 is 2.60 bits per heavy atom. The summed E-state index contributed by atoms with van der Waals surface area (Å²) in [7, 11) is -2.41. The molecule has 0 radical (unpaired) electrons. The summed E-state index contributed by atoms with van der Waals surface area (Å²) in [6.45, 7) is -0.0975. The van der Waals surface area contributed by atoms with E-state index in [1.807, 2.05) is 0 Å². The van der Waals surface area contributed by atoms with Crippen molar-refractivity contribution in [3.8, 4) is 0 Å². The molecule has 0 aromatic rings. The van der Waals surface area contributed by atoms with Crippen LogP contribution in [0.3, 0.4) is 0 Å². The molecule has 0 amide bonds. The molecule has 0 bridgehead atoms. The molecule has 0 atom stereocenters. The topological polar surface area (TPSA) is 72.8 Å². The first-order valence-electron chi connectivity index (χ1n) is 2.44. The van der Waals surface area contributed by atoms with Crippen molar-refractivity contribution in [3.05, 3.63) is 0 Å². The smallest absolute Gasteiger partial charge is 0.268 e. The fraction of sp³-hybridized carbons (Fsp3) is 0.750. The third-order valence-electron chi connectivity index (χ3n) is 0.772. The summed E-state index contributed by atoms with van der Waals surface area (Å²) < 4.78 is 25.0. The lowest BCUT2D eigenvalue weighted by Gasteiger charge is -1.94. The number of hydrogen-bond acceptors (Lipinski definition) is 5. The van der Waals surface area contributed by atoms with Crippen molar-refractivity contribution in [1.29, 1.82) is 0 Å². The van der Waals surface area contributed by atoms with Crippen LogP contribution >= 0.6 is 0 Å². The maximum atomic E-state index is 10.5. The molecule has 0 aliphatic carbocycles. The van der Waals surface area contributed by atoms with Crippen LogP contribution in [0.5, 0.6) is 0 Å². The monoisotopic (exact) mass is 165 g/mol. The minimum Gasteiger partial charge on any atom is -0.273 e. The number of nitrogens with zero attached hydrogens (tertiary/aromatic N) is 1. The molecule has 0 aliphatic heterocycles. The molecule has 10 heavy (non-hydrogen) atoms. The second kappa shape index (κ2) is 4.16. The maximum absolute atomic E-state index is 10.5. The zero-order valence-electron chi connectivity index (χ0n) is 5.40. The lowest BCUT2D eigenvalue weighted by atomic mass is 10.8. The first-order valence-corrected chi connectivity index (χ1v) is 4.02. The molecule has 58 valence electrons. The third kappa shape index (κ3) is 4.20. The maximum Gasteiger partial charge on any atom is 0.268 e. The normalized spacial score (nSPS) is 10.5. The second-order valence-corrected chi connectivity index (χ2v) is 3.26. The Bertz CT molecular complexity index is 226. The fourth-order valence-corrected chi connectivity index (χ4v) is 0.768. The lowest BCUT2D eigenvalue weighted by molar-refractivity contribution is 0.398. The first kappa shape index (κ1) is 9.29. The minimum atomic E-state index is -3.46. The van der Waals surface area contributed by atoms with Gasteiger partial charge in [0.05, 0.1) is 19.4 Å². The molecule has 0 spiro atoms. The van der Waals surface area contributed by atoms with Gasteiger partial charge in [-0.15, -0.1) is 0 Å². The van der Waals surface area contributed by atoms with Gasteiger partial charge in [-0.3, -0.25) is 4.18 Å². The van der Waals surface area contributed by atoms with Gasteiger partial charge < -0.3 is 0 Å². The van der Waals surface area contributed by atoms with E-state index in [1.54, 1.807) is 0 Å². The van der Waals surface area contributed by atoms with Crippen LogP contribution < -0.4 is 0 Å². The van der Waals surface area contributed by atoms with Crippen molar-refractivity contribution in [3.63, 3.8) is 0 Å². The predicted molar refractivity (Wildman–Crippen MR) is 33.8 cm³/mol. The highest BCUT2D eigenvalue weighted by molar-refractivity contribution is 7.86. The molecule has 0 saturated carbocycles. The van der Waals surface area contributed by atoms with Crippen molar-refractivity contribution >= 4 is 16.2 Å². The molecule has 0 heterocycles. The van der Waals surface area contributed by atoms with Gasteiger partial charge in [0.1, 0.15) is 0 Å². The van der Waals surface area contributed by atoms with Crippen LogP contribution in [0.4, 0.5) is 0 Å². The van der Waals surface area contributed by atoms with E-state index < -0.39 is 10.1 Å². The number of carbonyl (C=O) groups excluding carboxylic acids is 1. The Morgan fingerprint density at radius 1 is 1.60 bits per heavy atom. The van der Waals surface area contributed by atoms with Crippen LogP contribution in [0, 0.1) is 0 Å². The highest BCUT2D eigenvalue weighted by Crippen LogP contribution is 1.88. The van der Waals surface area contributed by atoms with E-state index in [-0.39, 0.29) is 12.3 Å². The van der Waals surface area contributed by atoms with Gasteiger partial charge in [0, 0.05) is 0 Å². The molecule has 0 saturated heterocycles. The molecule has 0 aromatic heterocycles. The second-order valence-electron chi connectivity index (χ2n) is 1.40. The average Bonchev–Trinajstić information content (AvgIpc) is 1.89. The van der Waals surface area contributed by atoms with Crippen molar-refractivity contribution in [1.82, 2.24) is 0 Å². The quantitative estimate of drug-likeness (QED) is 0.313. The van der Waals surface area contributed by atoms with Gasteiger partial charge in [0.15, 0.2) is 0 Å². The standard InChI is InChI=1S/C4H7NO4S/c1-9-10(7,8)3-2-5-4-6/h2-3H2,1H3. The molecule has 0 fully saturated rings. The Labute approximate surface area is 58.8 Å². The van der Waals surface area contributed by atoms with E-state index in [9.17, 15) is 13.2 Å². The number of hydrogen-bond donors (Lipinski definition) is 0. The summed E-state index contributed by atoms with van der Waals surface area (Å²) in [6.07, 6.45) is 1.22. The highest BCUT2D eigenvalue weighted by atomic mass is 32.2. The van der Waals surface area contributed by atoms with Crippen molar-refractivity contribution in [2.75, 3.05) is 19.4 Å². The highest BCUT2D eigenvalue weighted by Gasteiger charge is 2.05. The fourth-order valence-electron chi connectivity index (χ4n) is 0.286. The van der Waals surface area contributed by atoms with Gasteiger partial charge >= 0.3 is 0 Å². The molecule has 0 aromatic carbocycles. The van der Waals surface area contributed by atoms with Crippen molar-refractivity contribution in [2.45, 2.75) is 0 Å². The Morgan fingerprint density at radius 2 is 2.20 bits per heavy atom. The summed E-state index contributed by atoms with van der Waals surface area (Å²) >= 11 is 0. The third-order valence-corrected chi connectivity index (χ3v) is 1.96. The van der Waals surface area contributed by atoms with E-state index in [2.05, 4.69) is 9.18 Å². The molecule has 0 rings (SSSR count). The van der Waals surface area contributed by atoms with Gasteiger partial charge in [-0.25, -0.2) is 9.79 Å². The van der Waals surface area contributed by atoms with E-state index >= 15 is 0 Å². The van der Waals surface area contributed by atoms with E-state index in [0.717, 1.165) is 7.11 Å². The summed E-state index contributed by atoms with van der Waals surface area (Å²) in [5, 5.41) is 0. The van der Waals surface area contributed by atoms with Crippen molar-refractivity contribution in [2.24, 2.45) is 4.99 Å². The molecule has 0 aliphatic rings. The van der Waals surface area contributed by atoms with Crippen LogP contribution in [-0.4, -0.2) is 33.9 Å². The SMILES string of the molecule is COS(=O)(=O)CCN=C=O. The van der Waals surface area contributed by atoms with E-state index in [0.29, 0.717) is 0 Å². The molecule has 0 unspecified atom stereocenters. The Hall–Kier alpha value is -0.710. The van der Waals surface area contributed by atoms with Gasteiger partial charge in [-0.05, 0) is 0 Å². The van der Waals surface area contributed by atoms with E-state index in [1.165, 1.54) is 6.08 Å². The summed E-state index contributed by atoms with van der Waals surface area (Å²) in [5.74, 6) is -0.279. The van der Waals surface area contributed by atoms with Crippen LogP contribution in [0.25, 0.3) is 0 Å². The number of isocyanates is 1. The molecular weight excluding hydrogens is 158 g/mol. The zero-order valence-corrected chi connectivity index (χ0v) is 6.22. The number of rotatable bonds is 4. The summed E-state index contributed by atoms with van der Waals surface area (Å²) in [5.41, 5.74) is 0. The number of aliphatic imine (C=N–C) groups is 1. The van der Waals surface area contributed by atoms with Crippen LogP contribution in [0.1, 0.15) is 0 Å². The molecule has 5 nitrogen and oxygen atoms in total. The largest absolute Gasteiger partial charge is 0.273 e. The van der Waals surface area contributed by atoms with E-state index in [4.69, 9.17) is 0 Å². The lowest BCUT2D eigenvalue weighted by Crippen LogP contribution is -2.09. The van der Waals surface area contributed by atoms with Gasteiger partial charge in [0.25, 0.3) is 10.1 Å². The first-order chi connectivity index (χ1) is 4.62. The van der Waals surface area contributed by atoms with Crippen LogP contribution in [0.15, 0.2) is 4.99 Å². The molecule has 6 heteroatoms. The molecule has 0 N–H and O–H groups in total. The van der Waals surface area contributed by atoms with Crippen LogP contribution in [0.2, 0.25) is 0 Å². The van der Waals surface area contributed by atoms with Gasteiger partial charge in [0.2, 0.25) is 6.08 Å². The van der Waals surface area contributed by atoms with Crippen molar-refractivity contribution < 1.29 is 17.4 Å². The van der Waals surface area contributed by atoms with Gasteiger partial charge in [-0.1, -0.05) is 0 Å². The molecular formula is C4H7NO4S. The zero-order chi connectivity index (χ0) is 8.04. The average molecular weight is 165 g/mol. The Kier molecular flexibility index (Phi) is 3.87.